The van der Waals surface area contributed by atoms with Gasteiger partial charge >= 0.3 is 34.1 Å². The Labute approximate surface area is 795 Å². The summed E-state index contributed by atoms with van der Waals surface area (Å²) in [6.45, 7) is 88.7. The van der Waals surface area contributed by atoms with Crippen molar-refractivity contribution in [3.8, 4) is 0 Å². The fraction of sp³-hybridized carbons (Fsp3) is 0.778. The molecule has 0 saturated carbocycles. The van der Waals surface area contributed by atoms with E-state index in [0.29, 0.717) is 51.6 Å². The molecule has 126 heavy (non-hydrogen) atoms. The number of thioether (sulfide) groups is 6. The molecule has 18 heteroatoms. The predicted molar refractivity (Wildman–Crippen MR) is 566 cm³/mol. The van der Waals surface area contributed by atoms with Crippen molar-refractivity contribution in [2.24, 2.45) is 32.5 Å². The lowest BCUT2D eigenvalue weighted by atomic mass is 9.58. The Balaban J connectivity index is 1.21. The molecule has 5 rings (SSSR count). The van der Waals surface area contributed by atoms with Crippen molar-refractivity contribution in [3.05, 3.63) is 168 Å². The van der Waals surface area contributed by atoms with E-state index in [9.17, 15) is 28.8 Å². The van der Waals surface area contributed by atoms with Crippen LogP contribution in [0.2, 0.25) is 0 Å². The van der Waals surface area contributed by atoms with Crippen molar-refractivity contribution < 1.29 is 0 Å². The van der Waals surface area contributed by atoms with E-state index < -0.39 is 34.1 Å². The van der Waals surface area contributed by atoms with Crippen molar-refractivity contribution in [2.45, 2.75) is 434 Å². The van der Waals surface area contributed by atoms with Gasteiger partial charge in [0.25, 0.3) is 0 Å². The zero-order chi connectivity index (χ0) is 95.9. The molecule has 0 aliphatic rings. The van der Waals surface area contributed by atoms with E-state index >= 15 is 0 Å². The fourth-order valence-electron chi connectivity index (χ4n) is 16.0. The van der Waals surface area contributed by atoms with Crippen LogP contribution in [0.15, 0.2) is 83.4 Å². The van der Waals surface area contributed by atoms with Gasteiger partial charge in [-0.2, -0.15) is 70.6 Å². The molecule has 718 valence electrons. The largest absolute Gasteiger partial charge is 0.336 e. The molecule has 0 atom stereocenters. The normalized spacial score (nSPS) is 13.9. The lowest BCUT2D eigenvalue weighted by Crippen LogP contribution is -2.54. The van der Waals surface area contributed by atoms with Crippen LogP contribution in [0, 0.1) is 32.5 Å². The van der Waals surface area contributed by atoms with E-state index in [1.807, 2.05) is 70.6 Å². The van der Waals surface area contributed by atoms with Crippen LogP contribution in [0.3, 0.4) is 0 Å². The van der Waals surface area contributed by atoms with Crippen molar-refractivity contribution >= 4 is 70.6 Å². The molecule has 0 radical (unpaired) electrons. The molecule has 0 spiro atoms. The Morgan fingerprint density at radius 2 is 0.325 bits per heavy atom. The second kappa shape index (κ2) is 45.7. The highest BCUT2D eigenvalue weighted by atomic mass is 32.2. The van der Waals surface area contributed by atoms with Gasteiger partial charge in [-0.05, 0) is 290 Å². The highest BCUT2D eigenvalue weighted by Gasteiger charge is 2.45. The molecule has 0 aliphatic carbocycles. The molecule has 2 heterocycles. The van der Waals surface area contributed by atoms with Crippen LogP contribution in [-0.4, -0.2) is 96.4 Å². The van der Waals surface area contributed by atoms with Crippen LogP contribution in [-0.2, 0) is 88.0 Å². The molecular formula is C108H184N6O6S6. The van der Waals surface area contributed by atoms with Gasteiger partial charge < -0.3 is 0 Å². The topological polar surface area (TPSA) is 132 Å². The molecule has 0 saturated heterocycles. The van der Waals surface area contributed by atoms with Crippen LogP contribution in [0.25, 0.3) is 0 Å². The summed E-state index contributed by atoms with van der Waals surface area (Å²) >= 11 is 11.3. The van der Waals surface area contributed by atoms with Gasteiger partial charge in [-0.25, -0.2) is 56.2 Å². The van der Waals surface area contributed by atoms with E-state index in [-0.39, 0.29) is 107 Å². The van der Waals surface area contributed by atoms with Crippen LogP contribution < -0.4 is 34.1 Å². The maximum Gasteiger partial charge on any atom is 0.336 e. The average Bonchev–Trinajstić information content (AvgIpc) is 0.761. The maximum absolute atomic E-state index is 14.4. The molecule has 0 fully saturated rings. The highest BCUT2D eigenvalue weighted by Crippen LogP contribution is 2.52. The van der Waals surface area contributed by atoms with Gasteiger partial charge in [0.1, 0.15) is 0 Å². The monoisotopic (exact) mass is 1850 g/mol. The highest BCUT2D eigenvalue weighted by molar-refractivity contribution is 8.00. The minimum atomic E-state index is -0.481. The van der Waals surface area contributed by atoms with Gasteiger partial charge in [0.2, 0.25) is 0 Å². The van der Waals surface area contributed by atoms with E-state index in [2.05, 4.69) is 311 Å². The number of hydrogen-bond acceptors (Lipinski definition) is 12. The first kappa shape index (κ1) is 113. The molecule has 0 aliphatic heterocycles. The first-order chi connectivity index (χ1) is 57.5. The van der Waals surface area contributed by atoms with Gasteiger partial charge in [-0.15, -0.1) is 0 Å². The summed E-state index contributed by atoms with van der Waals surface area (Å²) in [4.78, 5) is 86.0. The number of nitrogens with zero attached hydrogens (tertiary/aromatic N) is 6. The Morgan fingerprint density at radius 3 is 0.500 bits per heavy atom. The van der Waals surface area contributed by atoms with E-state index in [0.717, 1.165) is 120 Å². The summed E-state index contributed by atoms with van der Waals surface area (Å²) in [5, 5.41) is 0. The molecule has 0 bridgehead atoms. The second-order valence-electron chi connectivity index (χ2n) is 49.4. The zero-order valence-corrected chi connectivity index (χ0v) is 92.3. The third kappa shape index (κ3) is 31.9. The van der Waals surface area contributed by atoms with Gasteiger partial charge in [0.05, 0.1) is 0 Å². The summed E-state index contributed by atoms with van der Waals surface area (Å²) in [6, 6.07) is 22.1. The molecule has 5 aromatic rings. The van der Waals surface area contributed by atoms with E-state index in [1.165, 1.54) is 77.5 Å². The van der Waals surface area contributed by atoms with E-state index in [4.69, 9.17) is 0 Å². The van der Waals surface area contributed by atoms with Crippen LogP contribution in [0.4, 0.5) is 0 Å². The summed E-state index contributed by atoms with van der Waals surface area (Å²) in [7, 11) is 0. The van der Waals surface area contributed by atoms with Gasteiger partial charge in [-0.3, -0.25) is 0 Å². The SMILES string of the molecule is CC(C)(C)CCSCCCn1c(=O)n(CCCSCCCC(C)(C)C(C)(C)c2cc(C(C)(C)C)cc(C(C)(C)C(C)(C)CCCSCCCn3c(=O)n(CCCSCCC(C)(C)C)c(=O)n(CCCSCCC(C)(C)C(C)(C)c4cc(C(C)(C)C)cc(C(C)(C)C)c4)c3=O)c2)c(=O)n(CCCSCCC(C)(C)C(C)(C)c2cc(C(C)(C)C)cc(C(C)(C)C)c2)c1=O. The first-order valence-corrected chi connectivity index (χ1v) is 55.3. The summed E-state index contributed by atoms with van der Waals surface area (Å²) in [5.41, 5.74) is 9.41. The molecule has 2 aromatic heterocycles. The summed E-state index contributed by atoms with van der Waals surface area (Å²) in [5.74, 6) is 10.9. The minimum Gasteiger partial charge on any atom is -0.247 e. The van der Waals surface area contributed by atoms with Crippen molar-refractivity contribution in [1.82, 2.24) is 27.4 Å². The smallest absolute Gasteiger partial charge is 0.247 e. The third-order valence-electron chi connectivity index (χ3n) is 29.5. The molecule has 12 nitrogen and oxygen atoms in total. The maximum atomic E-state index is 14.4. The first-order valence-electron chi connectivity index (χ1n) is 48.3. The average molecular weight is 1860 g/mol. The quantitative estimate of drug-likeness (QED) is 0.0343. The van der Waals surface area contributed by atoms with Gasteiger partial charge in [-0.1, -0.05) is 311 Å². The van der Waals surface area contributed by atoms with Gasteiger partial charge in [0, 0.05) is 39.3 Å². The summed E-state index contributed by atoms with van der Waals surface area (Å²) < 4.78 is 8.13. The Morgan fingerprint density at radius 1 is 0.183 bits per heavy atom. The molecule has 0 unspecified atom stereocenters. The van der Waals surface area contributed by atoms with E-state index in [1.54, 1.807) is 0 Å². The molecule has 3 aromatic carbocycles. The van der Waals surface area contributed by atoms with Crippen LogP contribution in [0.1, 0.15) is 396 Å². The Bertz CT molecular complexity index is 4330. The zero-order valence-electron chi connectivity index (χ0n) is 87.4. The van der Waals surface area contributed by atoms with Crippen LogP contribution >= 0.6 is 70.6 Å². The lowest BCUT2D eigenvalue weighted by Gasteiger charge is -2.46. The Hall–Kier alpha value is -3.42. The third-order valence-corrected chi connectivity index (χ3v) is 36.1. The second-order valence-corrected chi connectivity index (χ2v) is 56.8. The number of hydrogen-bond donors (Lipinski definition) is 0. The Kier molecular flexibility index (Phi) is 41.1. The predicted octanol–water partition coefficient (Wildman–Crippen LogP) is 27.1. The molecule has 0 amide bonds. The lowest BCUT2D eigenvalue weighted by molar-refractivity contribution is 0.172. The number of benzene rings is 3. The van der Waals surface area contributed by atoms with Crippen molar-refractivity contribution in [3.63, 3.8) is 0 Å². The van der Waals surface area contributed by atoms with Crippen molar-refractivity contribution in [1.29, 1.82) is 0 Å². The van der Waals surface area contributed by atoms with Gasteiger partial charge in [0.15, 0.2) is 0 Å². The minimum absolute atomic E-state index is 0.00434. The standard InChI is InChI=1S/C108H184N6O6S6/c1-94(2,3)48-66-123-62-42-54-111-88(115)109(90(117)113(92(111)119)56-44-64-125-68-50-103(26,27)107(34,35)84-72-79(96(7,8)9)70-80(73-84)97(10,11)12)52-40-60-121-58-38-46-101(22,23)105(30,31)86-76-83(100(19,20)21)77-87(78-86)106(32,33)102(24,25)47-39-59-122-61-41-53-110-89(116)112(55-43-63-124-67-49-95(4,5)6)93(120)114(91(110)118)57-45-65-126-69-51-104(28,29)108(36,37)85-74-81(98(13,14)15)71-82(75-85)99(16,17)18/h70-78H,38-69H2,1-37H3. The van der Waals surface area contributed by atoms with Crippen LogP contribution in [0.5, 0.6) is 0 Å². The number of aromatic nitrogens is 6. The molecular weight excluding hydrogens is 1670 g/mol. The summed E-state index contributed by atoms with van der Waals surface area (Å²) in [6.07, 6.45) is 12.4. The molecule has 0 N–H and O–H groups in total. The van der Waals surface area contributed by atoms with Crippen molar-refractivity contribution in [2.75, 3.05) is 69.0 Å². The fourth-order valence-corrected chi connectivity index (χ4v) is 22.8. The number of rotatable bonds is 50.